The Kier molecular flexibility index (Phi) is 37.0. The molecule has 3 saturated carbocycles. The van der Waals surface area contributed by atoms with E-state index in [1.165, 1.54) is 57.8 Å². The summed E-state index contributed by atoms with van der Waals surface area (Å²) in [5.41, 5.74) is 26.7. The maximum Gasteiger partial charge on any atom is 0.0433 e. The Morgan fingerprint density at radius 2 is 0.795 bits per heavy atom. The molecule has 0 amide bonds. The first-order chi connectivity index (χ1) is 16.8. The minimum Gasteiger partial charge on any atom is -0.742 e. The van der Waals surface area contributed by atoms with Crippen LogP contribution in [0.5, 0.6) is 0 Å². The Morgan fingerprint density at radius 3 is 0.872 bits per heavy atom. The van der Waals surface area contributed by atoms with E-state index in [9.17, 15) is 0 Å². The fourth-order valence-corrected chi connectivity index (χ4v) is 4.19. The Balaban J connectivity index is -0.000000191. The van der Waals surface area contributed by atoms with Crippen molar-refractivity contribution in [2.45, 2.75) is 132 Å². The van der Waals surface area contributed by atoms with Gasteiger partial charge >= 0.3 is 0 Å². The molecule has 0 N–H and O–H groups in total. The molecule has 12 heteroatoms. The van der Waals surface area contributed by atoms with Crippen molar-refractivity contribution in [3.8, 4) is 0 Å². The minimum absolute atomic E-state index is 0. The summed E-state index contributed by atoms with van der Waals surface area (Å²) in [6, 6.07) is 0.108. The van der Waals surface area contributed by atoms with Crippen molar-refractivity contribution >= 4 is 98.5 Å². The van der Waals surface area contributed by atoms with Crippen LogP contribution in [0.4, 0.5) is 0 Å². The fraction of sp³-hybridized carbons (Fsp3) is 0.778. The van der Waals surface area contributed by atoms with Crippen molar-refractivity contribution in [2.75, 3.05) is 0 Å². The molecule has 3 aliphatic rings. The van der Waals surface area contributed by atoms with E-state index < -0.39 is 0 Å². The van der Waals surface area contributed by atoms with Gasteiger partial charge in [-0.1, -0.05) is 65.2 Å². The maximum absolute atomic E-state index is 8.91. The number of nitrogens with zero attached hydrogens (tertiary/aromatic N) is 7. The Labute approximate surface area is 302 Å². The molecule has 0 bridgehead atoms. The molecule has 2 aromatic rings. The van der Waals surface area contributed by atoms with Crippen molar-refractivity contribution in [2.24, 2.45) is 14.1 Å². The molecule has 2 heterocycles. The summed E-state index contributed by atoms with van der Waals surface area (Å²) in [4.78, 5) is 7.59. The van der Waals surface area contributed by atoms with E-state index in [2.05, 4.69) is 9.97 Å². The number of aromatic nitrogens is 4. The van der Waals surface area contributed by atoms with Crippen molar-refractivity contribution in [1.29, 1.82) is 0 Å². The summed E-state index contributed by atoms with van der Waals surface area (Å²) in [6.07, 6.45) is 24.7. The molecule has 0 aliphatic heterocycles. The molecule has 5 rings (SSSR count). The zero-order chi connectivity index (χ0) is 25.9. The van der Waals surface area contributed by atoms with Gasteiger partial charge in [0.15, 0.2) is 0 Å². The quantitative estimate of drug-likeness (QED) is 0.291. The average Bonchev–Trinajstić information content (AvgIpc) is 3.43. The third-order valence-corrected chi connectivity index (χ3v) is 7.06. The monoisotopic (exact) mass is 896 g/mol. The van der Waals surface area contributed by atoms with Crippen molar-refractivity contribution in [1.82, 2.24) is 36.3 Å². The van der Waals surface area contributed by atoms with Crippen molar-refractivity contribution in [3.05, 3.63) is 24.8 Å². The van der Waals surface area contributed by atoms with E-state index in [4.69, 9.17) is 42.5 Å². The normalized spacial score (nSPS) is 16.9. The van der Waals surface area contributed by atoms with Gasteiger partial charge in [-0.2, -0.15) is 0 Å². The summed E-state index contributed by atoms with van der Waals surface area (Å²) in [5, 5.41) is 1.28. The van der Waals surface area contributed by atoms with Gasteiger partial charge in [0.05, 0.1) is 0 Å². The van der Waals surface area contributed by atoms with Crippen LogP contribution >= 0.6 is 0 Å². The molecule has 39 heavy (non-hydrogen) atoms. The van der Waals surface area contributed by atoms with Crippen LogP contribution in [0.3, 0.4) is 0 Å². The first-order valence-electron chi connectivity index (χ1n) is 13.1. The molecule has 3 fully saturated rings. The van der Waals surface area contributed by atoms with Gasteiger partial charge in [0.2, 0.25) is 0 Å². The second-order valence-electron chi connectivity index (χ2n) is 9.52. The van der Waals surface area contributed by atoms with Gasteiger partial charge < -0.3 is 34.4 Å². The van der Waals surface area contributed by atoms with E-state index in [-0.39, 0.29) is 98.8 Å². The zero-order valence-electron chi connectivity index (χ0n) is 22.9. The number of imidazole rings is 2. The van der Waals surface area contributed by atoms with Gasteiger partial charge in [0.25, 0.3) is 0 Å². The second-order valence-corrected chi connectivity index (χ2v) is 10.2. The Hall–Kier alpha value is 1.19. The van der Waals surface area contributed by atoms with Crippen LogP contribution in [0.15, 0.2) is 35.1 Å². The van der Waals surface area contributed by atoms with Crippen molar-refractivity contribution in [3.63, 3.8) is 0 Å². The van der Waals surface area contributed by atoms with E-state index in [1.807, 2.05) is 26.5 Å². The molecular weight excluding hydrogens is 852 g/mol. The summed E-state index contributed by atoms with van der Waals surface area (Å²) in [6.45, 7) is 0. The average molecular weight is 899 g/mol. The van der Waals surface area contributed by atoms with Gasteiger partial charge in [-0.3, -0.25) is 9.97 Å². The second kappa shape index (κ2) is 30.6. The maximum atomic E-state index is 8.91. The largest absolute Gasteiger partial charge is 0.742 e. The molecule has 15 radical (unpaired) electrons. The predicted octanol–water partition coefficient (Wildman–Crippen LogP) is 4.31. The predicted molar refractivity (Wildman–Crippen MR) is 169 cm³/mol. The summed E-state index contributed by atoms with van der Waals surface area (Å²) >= 11 is 9.48. The van der Waals surface area contributed by atoms with E-state index in [1.54, 1.807) is 21.5 Å². The van der Waals surface area contributed by atoms with Crippen LogP contribution in [-0.2, 0) is 39.4 Å². The summed E-state index contributed by atoms with van der Waals surface area (Å²) in [5.74, 6) is 0. The number of hydrogen-bond acceptors (Lipinski definition) is 4. The van der Waals surface area contributed by atoms with E-state index >= 15 is 0 Å². The minimum atomic E-state index is 0. The van der Waals surface area contributed by atoms with Crippen LogP contribution in [0.1, 0.15) is 104 Å². The summed E-state index contributed by atoms with van der Waals surface area (Å²) in [7, 11) is 3.74. The van der Waals surface area contributed by atoms with Gasteiger partial charge in [0, 0.05) is 130 Å². The molecule has 0 unspecified atom stereocenters. The molecule has 3 aliphatic carbocycles. The van der Waals surface area contributed by atoms with E-state index in [0.717, 1.165) is 38.5 Å². The Morgan fingerprint density at radius 1 is 0.564 bits per heavy atom. The molecule has 0 atom stereocenters. The smallest absolute Gasteiger partial charge is 0.0433 e. The molecule has 0 saturated heterocycles. The van der Waals surface area contributed by atoms with Crippen molar-refractivity contribution < 1.29 is 0 Å². The topological polar surface area (TPSA) is 103 Å². The molecule has 0 spiro atoms. The van der Waals surface area contributed by atoms with Gasteiger partial charge in [-0.25, -0.2) is 0 Å². The standard InChI is InChI=1S/3C6H11N.2C4H6N2S.CH4.3Sb/c3*7-6-4-2-1-3-5-6;2*1-6-3-2-5-4(6)7;;;;/h3*6H,1-5H2;2*2-3H,1H3,(H,5,7);1H4;;;/p-2. The van der Waals surface area contributed by atoms with E-state index in [0.29, 0.717) is 10.3 Å². The molecule has 219 valence electrons. The SMILES string of the molecule is C.Cn1ccnc1[S-].Cn1ccnc1[S-].[N]C1CCCCC1.[N]C1CCCCC1.[N]C1CCCCC1.[Sb].[Sb].[Sb]. The molecule has 0 aromatic carbocycles. The number of aryl methyl sites for hydroxylation is 2. The third-order valence-electron chi connectivity index (χ3n) is 6.28. The van der Waals surface area contributed by atoms with Crippen LogP contribution in [0.2, 0.25) is 0 Å². The number of hydrogen-bond donors (Lipinski definition) is 0. The van der Waals surface area contributed by atoms with Crippen LogP contribution in [0.25, 0.3) is 0 Å². The first-order valence-corrected chi connectivity index (χ1v) is 13.9. The van der Waals surface area contributed by atoms with Crippen LogP contribution < -0.4 is 17.2 Å². The van der Waals surface area contributed by atoms with Gasteiger partial charge in [-0.05, 0) is 48.8 Å². The molecule has 2 aromatic heterocycles. The van der Waals surface area contributed by atoms with Gasteiger partial charge in [0.1, 0.15) is 0 Å². The van der Waals surface area contributed by atoms with Gasteiger partial charge in [-0.15, -0.1) is 17.2 Å². The Bertz CT molecular complexity index is 638. The summed E-state index contributed by atoms with van der Waals surface area (Å²) < 4.78 is 3.57. The third kappa shape index (κ3) is 26.5. The fourth-order valence-electron chi connectivity index (χ4n) is 3.95. The van der Waals surface area contributed by atoms with Crippen LogP contribution in [0, 0.1) is 0 Å². The zero-order valence-corrected chi connectivity index (χ0v) is 32.2. The molecular formula is C27H47N7S2Sb3-2. The number of rotatable bonds is 0. The first kappa shape index (κ1) is 47.1. The van der Waals surface area contributed by atoms with Crippen LogP contribution in [-0.4, -0.2) is 111 Å². The molecule has 7 nitrogen and oxygen atoms in total.